The zero-order chi connectivity index (χ0) is 13.1. The second-order valence-electron chi connectivity index (χ2n) is 4.82. The summed E-state index contributed by atoms with van der Waals surface area (Å²) < 4.78 is 0. The van der Waals surface area contributed by atoms with Crippen molar-refractivity contribution in [2.45, 2.75) is 32.1 Å². The fourth-order valence-electron chi connectivity index (χ4n) is 2.67. The van der Waals surface area contributed by atoms with Gasteiger partial charge in [-0.25, -0.2) is 4.79 Å². The average molecular weight is 262 g/mol. The van der Waals surface area contributed by atoms with Crippen molar-refractivity contribution < 1.29 is 9.90 Å². The number of carboxylic acid groups (broad SMARTS) is 1. The summed E-state index contributed by atoms with van der Waals surface area (Å²) in [5.74, 6) is -0.240. The molecule has 0 aliphatic heterocycles. The van der Waals surface area contributed by atoms with Gasteiger partial charge in [0.1, 0.15) is 0 Å². The fourth-order valence-corrected chi connectivity index (χ4v) is 3.15. The Morgan fingerprint density at radius 2 is 2.06 bits per heavy atom. The molecule has 1 aromatic carbocycles. The standard InChI is InChI=1S/C15H18O2S/c1-2-10-8-12(11-6-4-3-5-7-11)9-13(14(10)18)15(16)17/h3-7,10,12,18H,2,8-9H2,1H3,(H,16,17). The normalized spacial score (nSPS) is 24.1. The summed E-state index contributed by atoms with van der Waals surface area (Å²) >= 11 is 4.42. The van der Waals surface area contributed by atoms with E-state index in [1.165, 1.54) is 5.56 Å². The van der Waals surface area contributed by atoms with E-state index < -0.39 is 5.97 Å². The van der Waals surface area contributed by atoms with Crippen molar-refractivity contribution in [3.8, 4) is 0 Å². The average Bonchev–Trinajstić information content (AvgIpc) is 2.39. The molecule has 0 aromatic heterocycles. The van der Waals surface area contributed by atoms with Crippen molar-refractivity contribution in [2.75, 3.05) is 0 Å². The van der Waals surface area contributed by atoms with Crippen LogP contribution in [0, 0.1) is 5.92 Å². The van der Waals surface area contributed by atoms with Gasteiger partial charge >= 0.3 is 5.97 Å². The quantitative estimate of drug-likeness (QED) is 0.812. The number of aliphatic carboxylic acids is 1. The third kappa shape index (κ3) is 2.61. The maximum atomic E-state index is 11.3. The summed E-state index contributed by atoms with van der Waals surface area (Å²) in [5.41, 5.74) is 1.72. The number of benzene rings is 1. The number of hydrogen-bond donors (Lipinski definition) is 2. The van der Waals surface area contributed by atoms with E-state index in [0.29, 0.717) is 17.9 Å². The molecule has 0 saturated heterocycles. The molecule has 0 bridgehead atoms. The molecule has 0 fully saturated rings. The molecule has 2 unspecified atom stereocenters. The SMILES string of the molecule is CCC1CC(c2ccccc2)CC(C(=O)O)=C1S. The highest BCUT2D eigenvalue weighted by atomic mass is 32.1. The number of thiol groups is 1. The molecule has 1 aliphatic carbocycles. The first-order valence-electron chi connectivity index (χ1n) is 6.33. The minimum atomic E-state index is -0.820. The fraction of sp³-hybridized carbons (Fsp3) is 0.400. The van der Waals surface area contributed by atoms with Crippen LogP contribution in [0.4, 0.5) is 0 Å². The van der Waals surface area contributed by atoms with Gasteiger partial charge in [-0.15, -0.1) is 12.6 Å². The lowest BCUT2D eigenvalue weighted by Crippen LogP contribution is -2.20. The molecule has 1 aromatic rings. The lowest BCUT2D eigenvalue weighted by molar-refractivity contribution is -0.133. The zero-order valence-electron chi connectivity index (χ0n) is 10.5. The van der Waals surface area contributed by atoms with Gasteiger partial charge in [-0.1, -0.05) is 37.3 Å². The minimum absolute atomic E-state index is 0.276. The van der Waals surface area contributed by atoms with Crippen molar-refractivity contribution in [1.82, 2.24) is 0 Å². The van der Waals surface area contributed by atoms with Gasteiger partial charge in [0.25, 0.3) is 0 Å². The largest absolute Gasteiger partial charge is 0.478 e. The van der Waals surface area contributed by atoms with Crippen LogP contribution in [0.5, 0.6) is 0 Å². The first-order valence-corrected chi connectivity index (χ1v) is 6.78. The Balaban J connectivity index is 2.31. The van der Waals surface area contributed by atoms with Gasteiger partial charge in [-0.3, -0.25) is 0 Å². The number of carboxylic acids is 1. The third-order valence-corrected chi connectivity index (χ3v) is 4.37. The van der Waals surface area contributed by atoms with E-state index in [4.69, 9.17) is 0 Å². The van der Waals surface area contributed by atoms with Crippen molar-refractivity contribution in [3.05, 3.63) is 46.4 Å². The Kier molecular flexibility index (Phi) is 4.12. The van der Waals surface area contributed by atoms with E-state index in [1.807, 2.05) is 18.2 Å². The smallest absolute Gasteiger partial charge is 0.332 e. The first-order chi connectivity index (χ1) is 8.63. The molecule has 0 amide bonds. The summed E-state index contributed by atoms with van der Waals surface area (Å²) in [6.45, 7) is 2.09. The van der Waals surface area contributed by atoms with Crippen molar-refractivity contribution >= 4 is 18.6 Å². The Morgan fingerprint density at radius 3 is 2.61 bits per heavy atom. The summed E-state index contributed by atoms with van der Waals surface area (Å²) in [5, 5.41) is 9.28. The lowest BCUT2D eigenvalue weighted by Gasteiger charge is -2.30. The van der Waals surface area contributed by atoms with E-state index in [0.717, 1.165) is 17.7 Å². The van der Waals surface area contributed by atoms with Crippen molar-refractivity contribution in [2.24, 2.45) is 5.92 Å². The van der Waals surface area contributed by atoms with Crippen LogP contribution in [0.2, 0.25) is 0 Å². The van der Waals surface area contributed by atoms with E-state index in [-0.39, 0.29) is 5.92 Å². The predicted octanol–water partition coefficient (Wildman–Crippen LogP) is 3.86. The molecule has 2 rings (SSSR count). The Labute approximate surface area is 113 Å². The van der Waals surface area contributed by atoms with E-state index in [9.17, 15) is 9.90 Å². The highest BCUT2D eigenvalue weighted by Gasteiger charge is 2.30. The second-order valence-corrected chi connectivity index (χ2v) is 5.30. The molecule has 2 atom stereocenters. The molecule has 18 heavy (non-hydrogen) atoms. The van der Waals surface area contributed by atoms with Gasteiger partial charge in [0.05, 0.1) is 0 Å². The van der Waals surface area contributed by atoms with Gasteiger partial charge in [0.15, 0.2) is 0 Å². The first kappa shape index (κ1) is 13.2. The number of hydrogen-bond acceptors (Lipinski definition) is 2. The van der Waals surface area contributed by atoms with Crippen LogP contribution in [0.1, 0.15) is 37.7 Å². The topological polar surface area (TPSA) is 37.3 Å². The monoisotopic (exact) mass is 262 g/mol. The molecule has 3 heteroatoms. The van der Waals surface area contributed by atoms with Crippen LogP contribution in [-0.4, -0.2) is 11.1 Å². The Morgan fingerprint density at radius 1 is 1.39 bits per heavy atom. The molecule has 0 radical (unpaired) electrons. The van der Waals surface area contributed by atoms with Crippen molar-refractivity contribution in [1.29, 1.82) is 0 Å². The maximum Gasteiger partial charge on any atom is 0.332 e. The van der Waals surface area contributed by atoms with Crippen LogP contribution in [0.25, 0.3) is 0 Å². The van der Waals surface area contributed by atoms with Gasteiger partial charge in [0.2, 0.25) is 0 Å². The minimum Gasteiger partial charge on any atom is -0.478 e. The molecule has 1 N–H and O–H groups in total. The third-order valence-electron chi connectivity index (χ3n) is 3.74. The highest BCUT2D eigenvalue weighted by molar-refractivity contribution is 7.84. The highest BCUT2D eigenvalue weighted by Crippen LogP contribution is 2.42. The van der Waals surface area contributed by atoms with Crippen molar-refractivity contribution in [3.63, 3.8) is 0 Å². The van der Waals surface area contributed by atoms with E-state index >= 15 is 0 Å². The molecule has 0 spiro atoms. The molecule has 2 nitrogen and oxygen atoms in total. The van der Waals surface area contributed by atoms with Crippen LogP contribution in [0.3, 0.4) is 0 Å². The number of rotatable bonds is 3. The van der Waals surface area contributed by atoms with Crippen LogP contribution in [0.15, 0.2) is 40.8 Å². The van der Waals surface area contributed by atoms with Crippen LogP contribution >= 0.6 is 12.6 Å². The van der Waals surface area contributed by atoms with Crippen LogP contribution < -0.4 is 0 Å². The Bertz CT molecular complexity index is 465. The molecule has 1 aliphatic rings. The predicted molar refractivity (Wildman–Crippen MR) is 75.8 cm³/mol. The maximum absolute atomic E-state index is 11.3. The molecule has 0 heterocycles. The van der Waals surface area contributed by atoms with Gasteiger partial charge in [0, 0.05) is 5.57 Å². The summed E-state index contributed by atoms with van der Waals surface area (Å²) in [7, 11) is 0. The molecular formula is C15H18O2S. The lowest BCUT2D eigenvalue weighted by atomic mass is 9.77. The summed E-state index contributed by atoms with van der Waals surface area (Å²) in [6, 6.07) is 10.2. The number of carbonyl (C=O) groups is 1. The Hall–Kier alpha value is -1.22. The van der Waals surface area contributed by atoms with E-state index in [2.05, 4.69) is 31.7 Å². The molecule has 96 valence electrons. The molecular weight excluding hydrogens is 244 g/mol. The summed E-state index contributed by atoms with van der Waals surface area (Å²) in [6.07, 6.45) is 2.53. The van der Waals surface area contributed by atoms with Gasteiger partial charge < -0.3 is 5.11 Å². The zero-order valence-corrected chi connectivity index (χ0v) is 11.4. The number of allylic oxidation sites excluding steroid dienone is 1. The summed E-state index contributed by atoms with van der Waals surface area (Å²) in [4.78, 5) is 12.1. The van der Waals surface area contributed by atoms with Gasteiger partial charge in [-0.05, 0) is 41.6 Å². The molecule has 0 saturated carbocycles. The van der Waals surface area contributed by atoms with Crippen LogP contribution in [-0.2, 0) is 4.79 Å². The van der Waals surface area contributed by atoms with E-state index in [1.54, 1.807) is 0 Å². The second kappa shape index (κ2) is 5.61. The van der Waals surface area contributed by atoms with Gasteiger partial charge in [-0.2, -0.15) is 0 Å².